The summed E-state index contributed by atoms with van der Waals surface area (Å²) in [6.45, 7) is 2.22. The molecule has 0 amide bonds. The van der Waals surface area contributed by atoms with Crippen molar-refractivity contribution in [3.8, 4) is 11.8 Å². The summed E-state index contributed by atoms with van der Waals surface area (Å²) in [5, 5.41) is 3.35. The Morgan fingerprint density at radius 2 is 1.80 bits per heavy atom. The Morgan fingerprint density at radius 3 is 2.47 bits per heavy atom. The second-order valence-corrected chi connectivity index (χ2v) is 4.72. The minimum absolute atomic E-state index is 0.579. The highest BCUT2D eigenvalue weighted by atomic mass is 79.9. The molecule has 0 atom stereocenters. The first-order chi connectivity index (χ1) is 7.34. The molecule has 1 aliphatic heterocycles. The van der Waals surface area contributed by atoms with Crippen LogP contribution in [0.3, 0.4) is 0 Å². The lowest BCUT2D eigenvalue weighted by Gasteiger charge is -2.17. The topological polar surface area (TPSA) is 12.0 Å². The van der Waals surface area contributed by atoms with Crippen LogP contribution in [0.2, 0.25) is 0 Å². The number of halogens is 1. The minimum Gasteiger partial charge on any atom is -0.317 e. The number of benzene rings is 1. The molecule has 0 saturated carbocycles. The van der Waals surface area contributed by atoms with E-state index < -0.39 is 0 Å². The van der Waals surface area contributed by atoms with Crippen molar-refractivity contribution in [2.45, 2.75) is 12.8 Å². The summed E-state index contributed by atoms with van der Waals surface area (Å²) >= 11 is 3.42. The molecule has 0 aliphatic carbocycles. The highest BCUT2D eigenvalue weighted by Gasteiger charge is 2.08. The van der Waals surface area contributed by atoms with Crippen molar-refractivity contribution in [3.05, 3.63) is 34.3 Å². The van der Waals surface area contributed by atoms with Crippen molar-refractivity contribution < 1.29 is 0 Å². The molecule has 0 unspecified atom stereocenters. The monoisotopic (exact) mass is 263 g/mol. The van der Waals surface area contributed by atoms with Crippen LogP contribution in [0.1, 0.15) is 18.4 Å². The molecule has 0 radical (unpaired) electrons. The normalized spacial score (nSPS) is 16.9. The highest BCUT2D eigenvalue weighted by Crippen LogP contribution is 2.12. The summed E-state index contributed by atoms with van der Waals surface area (Å²) in [6, 6.07) is 8.18. The average molecular weight is 264 g/mol. The van der Waals surface area contributed by atoms with E-state index in [4.69, 9.17) is 0 Å². The molecule has 0 bridgehead atoms. The van der Waals surface area contributed by atoms with Crippen molar-refractivity contribution in [2.75, 3.05) is 13.1 Å². The molecule has 2 heteroatoms. The first kappa shape index (κ1) is 10.7. The van der Waals surface area contributed by atoms with E-state index in [1.165, 1.54) is 12.8 Å². The zero-order valence-corrected chi connectivity index (χ0v) is 10.2. The third-order valence-corrected chi connectivity index (χ3v) is 3.13. The molecule has 78 valence electrons. The van der Waals surface area contributed by atoms with Crippen LogP contribution < -0.4 is 5.32 Å². The van der Waals surface area contributed by atoms with Crippen molar-refractivity contribution in [2.24, 2.45) is 5.92 Å². The van der Waals surface area contributed by atoms with Crippen LogP contribution in [0, 0.1) is 17.8 Å². The van der Waals surface area contributed by atoms with Gasteiger partial charge in [0.15, 0.2) is 0 Å². The van der Waals surface area contributed by atoms with E-state index in [9.17, 15) is 0 Å². The second-order valence-electron chi connectivity index (χ2n) is 3.80. The standard InChI is InChI=1S/C13H14BrN/c14-13-5-3-11(4-6-13)1-2-12-7-9-15-10-8-12/h3-6,12,15H,7-10H2. The molecule has 0 aromatic heterocycles. The summed E-state index contributed by atoms with van der Waals surface area (Å²) in [5.41, 5.74) is 1.11. The van der Waals surface area contributed by atoms with Gasteiger partial charge in [0, 0.05) is 16.0 Å². The molecular weight excluding hydrogens is 250 g/mol. The van der Waals surface area contributed by atoms with Gasteiger partial charge in [-0.3, -0.25) is 0 Å². The predicted molar refractivity (Wildman–Crippen MR) is 66.6 cm³/mol. The Balaban J connectivity index is 2.00. The average Bonchev–Trinajstić information content (AvgIpc) is 2.30. The van der Waals surface area contributed by atoms with Crippen LogP contribution in [-0.2, 0) is 0 Å². The van der Waals surface area contributed by atoms with Crippen LogP contribution in [0.4, 0.5) is 0 Å². The Kier molecular flexibility index (Phi) is 3.82. The smallest absolute Gasteiger partial charge is 0.0246 e. The van der Waals surface area contributed by atoms with Crippen LogP contribution >= 0.6 is 15.9 Å². The second kappa shape index (κ2) is 5.34. The molecule has 1 saturated heterocycles. The fraction of sp³-hybridized carbons (Fsp3) is 0.385. The molecule has 1 heterocycles. The first-order valence-electron chi connectivity index (χ1n) is 5.32. The van der Waals surface area contributed by atoms with Crippen LogP contribution in [-0.4, -0.2) is 13.1 Å². The van der Waals surface area contributed by atoms with E-state index in [1.807, 2.05) is 12.1 Å². The third kappa shape index (κ3) is 3.37. The van der Waals surface area contributed by atoms with Gasteiger partial charge in [-0.05, 0) is 50.2 Å². The summed E-state index contributed by atoms with van der Waals surface area (Å²) in [6.07, 6.45) is 2.37. The molecule has 1 nitrogen and oxygen atoms in total. The zero-order valence-electron chi connectivity index (χ0n) is 8.59. The molecule has 0 spiro atoms. The fourth-order valence-corrected chi connectivity index (χ4v) is 1.95. The molecule has 1 aromatic rings. The fourth-order valence-electron chi connectivity index (χ4n) is 1.68. The Hall–Kier alpha value is -0.780. The van der Waals surface area contributed by atoms with Crippen molar-refractivity contribution in [1.29, 1.82) is 0 Å². The van der Waals surface area contributed by atoms with E-state index >= 15 is 0 Å². The molecule has 2 rings (SSSR count). The van der Waals surface area contributed by atoms with Gasteiger partial charge in [0.1, 0.15) is 0 Å². The molecular formula is C13H14BrN. The third-order valence-electron chi connectivity index (χ3n) is 2.60. The van der Waals surface area contributed by atoms with Gasteiger partial charge in [0.25, 0.3) is 0 Å². The maximum absolute atomic E-state index is 3.42. The largest absolute Gasteiger partial charge is 0.317 e. The first-order valence-corrected chi connectivity index (χ1v) is 6.12. The molecule has 1 aliphatic rings. The van der Waals surface area contributed by atoms with Crippen LogP contribution in [0.15, 0.2) is 28.7 Å². The lowest BCUT2D eigenvalue weighted by molar-refractivity contribution is 0.447. The van der Waals surface area contributed by atoms with Gasteiger partial charge in [0.05, 0.1) is 0 Å². The summed E-state index contributed by atoms with van der Waals surface area (Å²) in [7, 11) is 0. The van der Waals surface area contributed by atoms with E-state index in [-0.39, 0.29) is 0 Å². The van der Waals surface area contributed by atoms with Crippen LogP contribution in [0.5, 0.6) is 0 Å². The van der Waals surface area contributed by atoms with E-state index in [2.05, 4.69) is 45.2 Å². The van der Waals surface area contributed by atoms with Gasteiger partial charge >= 0.3 is 0 Å². The maximum Gasteiger partial charge on any atom is 0.0246 e. The van der Waals surface area contributed by atoms with Gasteiger partial charge in [-0.25, -0.2) is 0 Å². The van der Waals surface area contributed by atoms with Crippen molar-refractivity contribution in [1.82, 2.24) is 5.32 Å². The summed E-state index contributed by atoms with van der Waals surface area (Å²) in [5.74, 6) is 7.17. The molecule has 1 N–H and O–H groups in total. The van der Waals surface area contributed by atoms with Gasteiger partial charge in [-0.15, -0.1) is 0 Å². The maximum atomic E-state index is 3.42. The predicted octanol–water partition coefficient (Wildman–Crippen LogP) is 2.80. The summed E-state index contributed by atoms with van der Waals surface area (Å²) < 4.78 is 1.11. The Morgan fingerprint density at radius 1 is 1.13 bits per heavy atom. The molecule has 1 aromatic carbocycles. The van der Waals surface area contributed by atoms with Gasteiger partial charge in [-0.2, -0.15) is 0 Å². The van der Waals surface area contributed by atoms with Crippen LogP contribution in [0.25, 0.3) is 0 Å². The zero-order chi connectivity index (χ0) is 10.5. The number of nitrogens with one attached hydrogen (secondary N) is 1. The van der Waals surface area contributed by atoms with E-state index in [0.29, 0.717) is 5.92 Å². The number of hydrogen-bond acceptors (Lipinski definition) is 1. The van der Waals surface area contributed by atoms with E-state index in [0.717, 1.165) is 23.1 Å². The van der Waals surface area contributed by atoms with E-state index in [1.54, 1.807) is 0 Å². The van der Waals surface area contributed by atoms with Gasteiger partial charge in [-0.1, -0.05) is 27.8 Å². The summed E-state index contributed by atoms with van der Waals surface area (Å²) in [4.78, 5) is 0. The molecule has 1 fully saturated rings. The lowest BCUT2D eigenvalue weighted by atomic mass is 9.98. The van der Waals surface area contributed by atoms with Gasteiger partial charge < -0.3 is 5.32 Å². The Bertz CT molecular complexity index is 366. The Labute approximate surface area is 99.4 Å². The van der Waals surface area contributed by atoms with Crippen molar-refractivity contribution >= 4 is 15.9 Å². The van der Waals surface area contributed by atoms with Gasteiger partial charge in [0.2, 0.25) is 0 Å². The lowest BCUT2D eigenvalue weighted by Crippen LogP contribution is -2.26. The SMILES string of the molecule is Brc1ccc(C#CC2CCNCC2)cc1. The number of hydrogen-bond donors (Lipinski definition) is 1. The quantitative estimate of drug-likeness (QED) is 0.710. The minimum atomic E-state index is 0.579. The number of piperidine rings is 1. The number of rotatable bonds is 0. The highest BCUT2D eigenvalue weighted by molar-refractivity contribution is 9.10. The van der Waals surface area contributed by atoms with Crippen molar-refractivity contribution in [3.63, 3.8) is 0 Å². The molecule has 15 heavy (non-hydrogen) atoms.